The second-order valence-corrected chi connectivity index (χ2v) is 8.14. The molecule has 0 aliphatic heterocycles. The maximum absolute atomic E-state index is 12.0. The van der Waals surface area contributed by atoms with Crippen LogP contribution in [0.15, 0.2) is 24.0 Å². The van der Waals surface area contributed by atoms with E-state index in [0.717, 1.165) is 5.56 Å². The molecule has 0 aliphatic carbocycles. The lowest BCUT2D eigenvalue weighted by atomic mass is 10.1. The van der Waals surface area contributed by atoms with Crippen LogP contribution in [0, 0.1) is 0 Å². The number of rotatable bonds is 10. The van der Waals surface area contributed by atoms with Gasteiger partial charge in [0.05, 0.1) is 11.7 Å². The van der Waals surface area contributed by atoms with E-state index in [2.05, 4.69) is 5.32 Å². The van der Waals surface area contributed by atoms with Crippen molar-refractivity contribution in [3.63, 3.8) is 0 Å². The number of hydrogen-bond donors (Lipinski definition) is 1. The Labute approximate surface area is 183 Å². The molecule has 0 spiro atoms. The maximum atomic E-state index is 12.0. The third-order valence-corrected chi connectivity index (χ3v) is 3.73. The fourth-order valence-corrected chi connectivity index (χ4v) is 2.46. The Balaban J connectivity index is 2.95. The van der Waals surface area contributed by atoms with Crippen LogP contribution in [0.2, 0.25) is 0 Å². The van der Waals surface area contributed by atoms with Crippen molar-refractivity contribution < 1.29 is 33.3 Å². The second kappa shape index (κ2) is 12.0. The van der Waals surface area contributed by atoms with Gasteiger partial charge in [-0.1, -0.05) is 0 Å². The Bertz CT molecular complexity index is 807. The highest BCUT2D eigenvalue weighted by molar-refractivity contribution is 5.82. The van der Waals surface area contributed by atoms with E-state index >= 15 is 0 Å². The Morgan fingerprint density at radius 2 is 1.87 bits per heavy atom. The number of allylic oxidation sites excluding steroid dienone is 2. The molecule has 1 aromatic rings. The first-order valence-electron chi connectivity index (χ1n) is 10.2. The number of nitrogens with one attached hydrogen (secondary N) is 1. The zero-order valence-electron chi connectivity index (χ0n) is 19.4. The van der Waals surface area contributed by atoms with Gasteiger partial charge in [0, 0.05) is 6.54 Å². The van der Waals surface area contributed by atoms with Gasteiger partial charge in [-0.25, -0.2) is 9.59 Å². The van der Waals surface area contributed by atoms with Crippen molar-refractivity contribution >= 4 is 18.3 Å². The highest BCUT2D eigenvalue weighted by atomic mass is 16.6. The minimum absolute atomic E-state index is 0.175. The summed E-state index contributed by atoms with van der Waals surface area (Å²) in [5.74, 6) is 0.461. The van der Waals surface area contributed by atoms with Gasteiger partial charge in [-0.2, -0.15) is 0 Å². The molecule has 0 bridgehead atoms. The highest BCUT2D eigenvalue weighted by Crippen LogP contribution is 2.33. The third kappa shape index (κ3) is 10.0. The SMILES string of the molecule is C/C=C(\C)OC(=O)NCCc1cc(C=O)c(OCC(=O)OC(C)(C)C)c(OC(C)C)c1. The number of carbonyl (C=O) groups excluding carboxylic acids is 3. The van der Waals surface area contributed by atoms with Crippen LogP contribution in [0.4, 0.5) is 4.79 Å². The number of benzene rings is 1. The van der Waals surface area contributed by atoms with Gasteiger partial charge in [-0.15, -0.1) is 0 Å². The molecule has 0 saturated carbocycles. The van der Waals surface area contributed by atoms with Crippen LogP contribution in [-0.4, -0.2) is 43.2 Å². The van der Waals surface area contributed by atoms with Gasteiger partial charge in [-0.05, 0) is 78.7 Å². The minimum atomic E-state index is -0.644. The summed E-state index contributed by atoms with van der Waals surface area (Å²) in [5.41, 5.74) is 0.351. The number of alkyl carbamates (subject to hydrolysis) is 1. The van der Waals surface area contributed by atoms with Crippen LogP contribution >= 0.6 is 0 Å². The zero-order chi connectivity index (χ0) is 23.6. The van der Waals surface area contributed by atoms with Gasteiger partial charge in [0.15, 0.2) is 24.4 Å². The van der Waals surface area contributed by atoms with E-state index < -0.39 is 17.7 Å². The molecule has 1 N–H and O–H groups in total. The van der Waals surface area contributed by atoms with Crippen LogP contribution < -0.4 is 14.8 Å². The van der Waals surface area contributed by atoms with E-state index in [9.17, 15) is 14.4 Å². The van der Waals surface area contributed by atoms with Crippen LogP contribution in [0.1, 0.15) is 64.4 Å². The van der Waals surface area contributed by atoms with Crippen LogP contribution in [0.3, 0.4) is 0 Å². The quantitative estimate of drug-likeness (QED) is 0.334. The average molecular weight is 436 g/mol. The van der Waals surface area contributed by atoms with E-state index in [1.807, 2.05) is 13.8 Å². The van der Waals surface area contributed by atoms with Crippen molar-refractivity contribution in [3.05, 3.63) is 35.1 Å². The molecule has 0 saturated heterocycles. The van der Waals surface area contributed by atoms with Crippen molar-refractivity contribution in [2.75, 3.05) is 13.2 Å². The molecule has 1 rings (SSSR count). The van der Waals surface area contributed by atoms with E-state index in [-0.39, 0.29) is 24.0 Å². The van der Waals surface area contributed by atoms with Crippen LogP contribution in [-0.2, 0) is 20.7 Å². The van der Waals surface area contributed by atoms with Crippen molar-refractivity contribution in [2.45, 2.75) is 66.6 Å². The predicted molar refractivity (Wildman–Crippen MR) is 117 cm³/mol. The lowest BCUT2D eigenvalue weighted by Gasteiger charge is -2.21. The average Bonchev–Trinajstić information content (AvgIpc) is 2.64. The second-order valence-electron chi connectivity index (χ2n) is 8.14. The molecule has 0 atom stereocenters. The number of ether oxygens (including phenoxy) is 4. The zero-order valence-corrected chi connectivity index (χ0v) is 19.4. The molecule has 0 aromatic heterocycles. The van der Waals surface area contributed by atoms with Gasteiger partial charge < -0.3 is 24.3 Å². The Morgan fingerprint density at radius 3 is 2.42 bits per heavy atom. The summed E-state index contributed by atoms with van der Waals surface area (Å²) in [6.45, 7) is 12.3. The molecule has 0 heterocycles. The van der Waals surface area contributed by atoms with Gasteiger partial charge in [0.1, 0.15) is 11.4 Å². The molecule has 0 aliphatic rings. The normalized spacial score (nSPS) is 11.7. The summed E-state index contributed by atoms with van der Waals surface area (Å²) in [6, 6.07) is 3.36. The number of aldehydes is 1. The molecule has 0 fully saturated rings. The summed E-state index contributed by atoms with van der Waals surface area (Å²) in [7, 11) is 0. The van der Waals surface area contributed by atoms with Crippen molar-refractivity contribution in [1.82, 2.24) is 5.32 Å². The summed E-state index contributed by atoms with van der Waals surface area (Å²) in [4.78, 5) is 35.4. The number of hydrogen-bond acceptors (Lipinski definition) is 7. The molecular weight excluding hydrogens is 402 g/mol. The van der Waals surface area contributed by atoms with Crippen LogP contribution in [0.25, 0.3) is 0 Å². The lowest BCUT2D eigenvalue weighted by molar-refractivity contribution is -0.157. The van der Waals surface area contributed by atoms with Gasteiger partial charge in [0.2, 0.25) is 0 Å². The fourth-order valence-electron chi connectivity index (χ4n) is 2.46. The first-order chi connectivity index (χ1) is 14.4. The lowest BCUT2D eigenvalue weighted by Crippen LogP contribution is -2.27. The van der Waals surface area contributed by atoms with Crippen LogP contribution in [0.5, 0.6) is 11.5 Å². The molecule has 0 radical (unpaired) electrons. The molecule has 0 unspecified atom stereocenters. The molecular formula is C23H33NO7. The largest absolute Gasteiger partial charge is 0.487 e. The molecule has 1 amide bonds. The Morgan fingerprint density at radius 1 is 1.19 bits per heavy atom. The summed E-state index contributed by atoms with van der Waals surface area (Å²) in [6.07, 6.45) is 2.02. The van der Waals surface area contributed by atoms with E-state index in [1.54, 1.807) is 52.8 Å². The predicted octanol–water partition coefficient (Wildman–Crippen LogP) is 4.20. The van der Waals surface area contributed by atoms with Gasteiger partial charge in [-0.3, -0.25) is 4.79 Å². The maximum Gasteiger partial charge on any atom is 0.412 e. The van der Waals surface area contributed by atoms with E-state index in [4.69, 9.17) is 18.9 Å². The first-order valence-corrected chi connectivity index (χ1v) is 10.2. The Hall–Kier alpha value is -3.03. The minimum Gasteiger partial charge on any atom is -0.487 e. The van der Waals surface area contributed by atoms with Crippen molar-refractivity contribution in [3.8, 4) is 11.5 Å². The summed E-state index contributed by atoms with van der Waals surface area (Å²) < 4.78 is 21.7. The monoisotopic (exact) mass is 435 g/mol. The molecule has 8 heteroatoms. The standard InChI is InChI=1S/C23H33NO7/c1-8-16(4)30-22(27)24-10-9-17-11-18(13-25)21(19(12-17)29-15(2)3)28-14-20(26)31-23(5,6)7/h8,11-13,15H,9-10,14H2,1-7H3,(H,24,27)/b16-8+. The first kappa shape index (κ1) is 26.0. The molecule has 8 nitrogen and oxygen atoms in total. The Kier molecular flexibility index (Phi) is 10.0. The topological polar surface area (TPSA) is 100 Å². The fraction of sp³-hybridized carbons (Fsp3) is 0.522. The van der Waals surface area contributed by atoms with Crippen molar-refractivity contribution in [1.29, 1.82) is 0 Å². The molecule has 31 heavy (non-hydrogen) atoms. The number of carbonyl (C=O) groups is 3. The summed E-state index contributed by atoms with van der Waals surface area (Å²) in [5, 5.41) is 2.65. The third-order valence-electron chi connectivity index (χ3n) is 3.73. The smallest absolute Gasteiger partial charge is 0.412 e. The highest BCUT2D eigenvalue weighted by Gasteiger charge is 2.20. The number of esters is 1. The van der Waals surface area contributed by atoms with Gasteiger partial charge >= 0.3 is 12.1 Å². The number of amides is 1. The molecule has 172 valence electrons. The summed E-state index contributed by atoms with van der Waals surface area (Å²) >= 11 is 0. The van der Waals surface area contributed by atoms with E-state index in [0.29, 0.717) is 30.8 Å². The van der Waals surface area contributed by atoms with Crippen molar-refractivity contribution in [2.24, 2.45) is 0 Å². The van der Waals surface area contributed by atoms with Gasteiger partial charge in [0.25, 0.3) is 0 Å². The van der Waals surface area contributed by atoms with E-state index in [1.165, 1.54) is 0 Å². The molecule has 1 aromatic carbocycles.